The number of piperidine rings is 1. The standard InChI is InChI=1S/C35H39NO4/c1-33-30(37)17-19-35(39-23-9-14-25-10-5-3-6-11-25)29-24-27-15-16-28(38-2)32(40-33)31(27)34(33,35)20-22-36(29)21-18-26-12-7-4-8-13-26/h3-8,10-13,15-16,29H,9,14,17-24H2,1-2H3/t29-,33?,34+,35-/m1/s1. The number of ketones is 1. The van der Waals surface area contributed by atoms with E-state index in [1.54, 1.807) is 7.11 Å². The van der Waals surface area contributed by atoms with Gasteiger partial charge in [-0.25, -0.2) is 0 Å². The highest BCUT2D eigenvalue weighted by atomic mass is 16.5. The second kappa shape index (κ2) is 9.74. The number of aryl methyl sites for hydroxylation is 1. The Labute approximate surface area is 237 Å². The van der Waals surface area contributed by atoms with Crippen molar-refractivity contribution in [2.75, 3.05) is 26.8 Å². The van der Waals surface area contributed by atoms with E-state index in [0.29, 0.717) is 13.0 Å². The van der Waals surface area contributed by atoms with Crippen LogP contribution >= 0.6 is 0 Å². The topological polar surface area (TPSA) is 48.0 Å². The van der Waals surface area contributed by atoms with E-state index in [-0.39, 0.29) is 11.8 Å². The molecule has 2 aliphatic carbocycles. The van der Waals surface area contributed by atoms with Gasteiger partial charge in [-0.15, -0.1) is 0 Å². The number of nitrogens with zero attached hydrogens (tertiary/aromatic N) is 1. The van der Waals surface area contributed by atoms with Crippen molar-refractivity contribution in [3.05, 3.63) is 95.1 Å². The summed E-state index contributed by atoms with van der Waals surface area (Å²) in [6, 6.07) is 25.8. The fourth-order valence-electron chi connectivity index (χ4n) is 8.64. The smallest absolute Gasteiger partial charge is 0.177 e. The van der Waals surface area contributed by atoms with Gasteiger partial charge in [0.1, 0.15) is 0 Å². The second-order valence-corrected chi connectivity index (χ2v) is 12.2. The number of ether oxygens (including phenoxy) is 3. The van der Waals surface area contributed by atoms with Crippen LogP contribution in [0, 0.1) is 0 Å². The van der Waals surface area contributed by atoms with Gasteiger partial charge in [-0.05, 0) is 74.8 Å². The number of carbonyl (C=O) groups excluding carboxylic acids is 1. The van der Waals surface area contributed by atoms with Gasteiger partial charge in [0.05, 0.1) is 18.1 Å². The number of Topliss-reactive ketones (excluding diaryl/α,β-unsaturated/α-hetero) is 1. The van der Waals surface area contributed by atoms with Crippen LogP contribution in [0.25, 0.3) is 0 Å². The van der Waals surface area contributed by atoms with Crippen LogP contribution in [-0.2, 0) is 34.2 Å². The zero-order chi connectivity index (χ0) is 27.4. The van der Waals surface area contributed by atoms with Gasteiger partial charge in [0.25, 0.3) is 0 Å². The molecule has 2 aliphatic heterocycles. The maximum atomic E-state index is 13.9. The molecule has 7 rings (SSSR count). The van der Waals surface area contributed by atoms with E-state index in [4.69, 9.17) is 14.2 Å². The number of carbonyl (C=O) groups is 1. The number of likely N-dealkylation sites (tertiary alicyclic amines) is 1. The summed E-state index contributed by atoms with van der Waals surface area (Å²) in [6.45, 7) is 4.61. The first-order chi connectivity index (χ1) is 19.5. The summed E-state index contributed by atoms with van der Waals surface area (Å²) in [5, 5.41) is 0. The van der Waals surface area contributed by atoms with Crippen LogP contribution in [0.15, 0.2) is 72.8 Å². The minimum atomic E-state index is -0.958. The monoisotopic (exact) mass is 537 g/mol. The lowest BCUT2D eigenvalue weighted by Gasteiger charge is -2.66. The van der Waals surface area contributed by atoms with Crippen molar-refractivity contribution in [3.63, 3.8) is 0 Å². The molecule has 5 heteroatoms. The molecule has 3 aromatic carbocycles. The average Bonchev–Trinajstić information content (AvgIpc) is 3.27. The Morgan fingerprint density at radius 3 is 2.40 bits per heavy atom. The molecule has 2 fully saturated rings. The van der Waals surface area contributed by atoms with E-state index in [1.807, 2.05) is 13.0 Å². The van der Waals surface area contributed by atoms with Gasteiger partial charge in [-0.1, -0.05) is 66.7 Å². The summed E-state index contributed by atoms with van der Waals surface area (Å²) in [6.07, 6.45) is 5.88. The van der Waals surface area contributed by atoms with Crippen LogP contribution in [0.3, 0.4) is 0 Å². The third kappa shape index (κ3) is 3.56. The summed E-state index contributed by atoms with van der Waals surface area (Å²) in [5.74, 6) is 1.68. The van der Waals surface area contributed by atoms with Crippen molar-refractivity contribution in [1.82, 2.24) is 4.90 Å². The Hall–Kier alpha value is -3.15. The second-order valence-electron chi connectivity index (χ2n) is 12.2. The Morgan fingerprint density at radius 1 is 0.950 bits per heavy atom. The van der Waals surface area contributed by atoms with Gasteiger partial charge in [-0.3, -0.25) is 9.69 Å². The lowest BCUT2D eigenvalue weighted by Crippen LogP contribution is -2.80. The summed E-state index contributed by atoms with van der Waals surface area (Å²) in [4.78, 5) is 16.5. The molecular weight excluding hydrogens is 498 g/mol. The largest absolute Gasteiger partial charge is 0.493 e. The lowest BCUT2D eigenvalue weighted by molar-refractivity contribution is -0.231. The van der Waals surface area contributed by atoms with Crippen molar-refractivity contribution in [2.45, 2.75) is 74.5 Å². The van der Waals surface area contributed by atoms with Crippen LogP contribution in [0.2, 0.25) is 0 Å². The summed E-state index contributed by atoms with van der Waals surface area (Å²) >= 11 is 0. The molecule has 4 atom stereocenters. The number of hydrogen-bond acceptors (Lipinski definition) is 5. The number of hydrogen-bond donors (Lipinski definition) is 0. The number of benzene rings is 3. The van der Waals surface area contributed by atoms with Crippen LogP contribution in [0.5, 0.6) is 11.5 Å². The molecule has 2 heterocycles. The van der Waals surface area contributed by atoms with E-state index >= 15 is 0 Å². The van der Waals surface area contributed by atoms with Crippen molar-refractivity contribution in [1.29, 1.82) is 0 Å². The van der Waals surface area contributed by atoms with Crippen molar-refractivity contribution in [3.8, 4) is 11.5 Å². The summed E-state index contributed by atoms with van der Waals surface area (Å²) < 4.78 is 19.9. The van der Waals surface area contributed by atoms with Crippen molar-refractivity contribution in [2.24, 2.45) is 0 Å². The third-order valence-corrected chi connectivity index (χ3v) is 10.5. The molecule has 3 aromatic rings. The zero-order valence-corrected chi connectivity index (χ0v) is 23.7. The van der Waals surface area contributed by atoms with Gasteiger partial charge in [0, 0.05) is 31.2 Å². The number of methoxy groups -OCH3 is 1. The summed E-state index contributed by atoms with van der Waals surface area (Å²) in [5.41, 5.74) is 3.19. The predicted molar refractivity (Wildman–Crippen MR) is 155 cm³/mol. The van der Waals surface area contributed by atoms with Gasteiger partial charge < -0.3 is 14.2 Å². The van der Waals surface area contributed by atoms with Crippen LogP contribution in [-0.4, -0.2) is 54.7 Å². The van der Waals surface area contributed by atoms with E-state index in [0.717, 1.165) is 63.1 Å². The molecule has 208 valence electrons. The van der Waals surface area contributed by atoms with Crippen LogP contribution < -0.4 is 9.47 Å². The average molecular weight is 538 g/mol. The molecule has 1 unspecified atom stereocenters. The first-order valence-corrected chi connectivity index (χ1v) is 14.9. The summed E-state index contributed by atoms with van der Waals surface area (Å²) in [7, 11) is 1.69. The third-order valence-electron chi connectivity index (χ3n) is 10.5. The maximum absolute atomic E-state index is 13.9. The van der Waals surface area contributed by atoms with E-state index in [2.05, 4.69) is 71.6 Å². The maximum Gasteiger partial charge on any atom is 0.177 e. The fourth-order valence-corrected chi connectivity index (χ4v) is 8.64. The minimum absolute atomic E-state index is 0.185. The molecule has 1 spiro atoms. The highest BCUT2D eigenvalue weighted by molar-refractivity contribution is 5.94. The van der Waals surface area contributed by atoms with Crippen LogP contribution in [0.1, 0.15) is 54.9 Å². The molecule has 5 nitrogen and oxygen atoms in total. The highest BCUT2D eigenvalue weighted by Crippen LogP contribution is 2.69. The van der Waals surface area contributed by atoms with Gasteiger partial charge in [0.2, 0.25) is 0 Å². The van der Waals surface area contributed by atoms with Crippen molar-refractivity contribution >= 4 is 5.78 Å². The molecule has 2 bridgehead atoms. The van der Waals surface area contributed by atoms with Crippen molar-refractivity contribution < 1.29 is 19.0 Å². The first kappa shape index (κ1) is 25.8. The molecule has 0 N–H and O–H groups in total. The molecule has 1 saturated heterocycles. The molecule has 40 heavy (non-hydrogen) atoms. The molecule has 0 aromatic heterocycles. The fraction of sp³-hybridized carbons (Fsp3) is 0.457. The van der Waals surface area contributed by atoms with Gasteiger partial charge >= 0.3 is 0 Å². The first-order valence-electron chi connectivity index (χ1n) is 14.9. The zero-order valence-electron chi connectivity index (χ0n) is 23.7. The Balaban J connectivity index is 1.29. The highest BCUT2D eigenvalue weighted by Gasteiger charge is 2.78. The predicted octanol–water partition coefficient (Wildman–Crippen LogP) is 5.71. The van der Waals surface area contributed by atoms with Gasteiger partial charge in [-0.2, -0.15) is 0 Å². The normalized spacial score (nSPS) is 30.1. The van der Waals surface area contributed by atoms with Crippen LogP contribution in [0.4, 0.5) is 0 Å². The minimum Gasteiger partial charge on any atom is -0.493 e. The lowest BCUT2D eigenvalue weighted by atomic mass is 9.45. The SMILES string of the molecule is COc1ccc2c3c1OC1(C)C(=O)CC[C@@]4(OCCCc5ccccc5)[C@@H](C2)N(CCc2ccccc2)CC[C@]314. The molecule has 0 amide bonds. The molecule has 4 aliphatic rings. The van der Waals surface area contributed by atoms with E-state index < -0.39 is 16.6 Å². The Kier molecular flexibility index (Phi) is 6.28. The molecule has 0 radical (unpaired) electrons. The quantitative estimate of drug-likeness (QED) is 0.328. The Bertz CT molecular complexity index is 1410. The number of rotatable bonds is 9. The molecule has 1 saturated carbocycles. The van der Waals surface area contributed by atoms with E-state index in [9.17, 15) is 4.79 Å². The van der Waals surface area contributed by atoms with Gasteiger partial charge in [0.15, 0.2) is 22.9 Å². The Morgan fingerprint density at radius 2 is 1.68 bits per heavy atom. The van der Waals surface area contributed by atoms with E-state index in [1.165, 1.54) is 22.3 Å². The molecular formula is C35H39NO4.